The Balaban J connectivity index is 2.33. The van der Waals surface area contributed by atoms with Gasteiger partial charge in [-0.05, 0) is 33.2 Å². The highest BCUT2D eigenvalue weighted by Gasteiger charge is 2.29. The number of unbranched alkanes of at least 4 members (excludes halogenated alkanes) is 1. The molecule has 0 atom stereocenters. The van der Waals surface area contributed by atoms with Gasteiger partial charge in [-0.15, -0.1) is 0 Å². The summed E-state index contributed by atoms with van der Waals surface area (Å²) in [6.45, 7) is 6.20. The third-order valence-corrected chi connectivity index (χ3v) is 3.57. The second-order valence-electron chi connectivity index (χ2n) is 4.80. The van der Waals surface area contributed by atoms with E-state index in [0.29, 0.717) is 5.91 Å². The van der Waals surface area contributed by atoms with Gasteiger partial charge in [-0.3, -0.25) is 4.79 Å². The smallest absolute Gasteiger partial charge is 0.222 e. The van der Waals surface area contributed by atoms with Crippen molar-refractivity contribution in [2.75, 3.05) is 20.1 Å². The van der Waals surface area contributed by atoms with E-state index in [-0.39, 0.29) is 5.54 Å². The Morgan fingerprint density at radius 2 is 2.00 bits per heavy atom. The molecule has 88 valence electrons. The van der Waals surface area contributed by atoms with Crippen molar-refractivity contribution in [2.45, 2.75) is 51.5 Å². The summed E-state index contributed by atoms with van der Waals surface area (Å²) in [4.78, 5) is 13.8. The molecule has 3 nitrogen and oxygen atoms in total. The SMILES string of the molecule is CCCCC(=O)N1CCC(C)(NC)CC1. The molecule has 1 aliphatic heterocycles. The number of rotatable bonds is 4. The average molecular weight is 212 g/mol. The summed E-state index contributed by atoms with van der Waals surface area (Å²) in [5.74, 6) is 0.343. The molecule has 0 bridgehead atoms. The molecule has 0 saturated carbocycles. The minimum atomic E-state index is 0.238. The lowest BCUT2D eigenvalue weighted by Crippen LogP contribution is -2.51. The van der Waals surface area contributed by atoms with Crippen LogP contribution in [0.25, 0.3) is 0 Å². The predicted octanol–water partition coefficient (Wildman–Crippen LogP) is 1.78. The van der Waals surface area contributed by atoms with Gasteiger partial charge in [-0.25, -0.2) is 0 Å². The zero-order chi connectivity index (χ0) is 11.3. The number of hydrogen-bond donors (Lipinski definition) is 1. The van der Waals surface area contributed by atoms with Crippen LogP contribution < -0.4 is 5.32 Å². The molecule has 1 N–H and O–H groups in total. The van der Waals surface area contributed by atoms with E-state index in [1.807, 2.05) is 11.9 Å². The van der Waals surface area contributed by atoms with Crippen molar-refractivity contribution in [1.29, 1.82) is 0 Å². The number of carbonyl (C=O) groups is 1. The predicted molar refractivity (Wildman–Crippen MR) is 62.8 cm³/mol. The fourth-order valence-electron chi connectivity index (χ4n) is 1.99. The Hall–Kier alpha value is -0.570. The Morgan fingerprint density at radius 1 is 1.40 bits per heavy atom. The summed E-state index contributed by atoms with van der Waals surface area (Å²) in [6.07, 6.45) is 5.00. The monoisotopic (exact) mass is 212 g/mol. The lowest BCUT2D eigenvalue weighted by molar-refractivity contribution is -0.132. The van der Waals surface area contributed by atoms with Crippen molar-refractivity contribution in [2.24, 2.45) is 0 Å². The van der Waals surface area contributed by atoms with E-state index in [1.165, 1.54) is 0 Å². The number of nitrogens with zero attached hydrogens (tertiary/aromatic N) is 1. The van der Waals surface area contributed by atoms with Gasteiger partial charge in [-0.2, -0.15) is 0 Å². The van der Waals surface area contributed by atoms with E-state index in [9.17, 15) is 4.79 Å². The van der Waals surface area contributed by atoms with E-state index >= 15 is 0 Å². The standard InChI is InChI=1S/C12H24N2O/c1-4-5-6-11(15)14-9-7-12(2,13-3)8-10-14/h13H,4-10H2,1-3H3. The molecule has 15 heavy (non-hydrogen) atoms. The lowest BCUT2D eigenvalue weighted by atomic mass is 9.90. The van der Waals surface area contributed by atoms with E-state index in [0.717, 1.165) is 45.2 Å². The third kappa shape index (κ3) is 3.49. The maximum Gasteiger partial charge on any atom is 0.222 e. The topological polar surface area (TPSA) is 32.3 Å². The van der Waals surface area contributed by atoms with Crippen molar-refractivity contribution in [3.05, 3.63) is 0 Å². The van der Waals surface area contributed by atoms with Crippen LogP contribution in [-0.4, -0.2) is 36.5 Å². The van der Waals surface area contributed by atoms with Crippen LogP contribution in [0.3, 0.4) is 0 Å². The molecule has 1 rings (SSSR count). The minimum absolute atomic E-state index is 0.238. The van der Waals surface area contributed by atoms with Gasteiger partial charge in [0.15, 0.2) is 0 Å². The van der Waals surface area contributed by atoms with Crippen molar-refractivity contribution in [3.8, 4) is 0 Å². The largest absolute Gasteiger partial charge is 0.343 e. The van der Waals surface area contributed by atoms with Crippen LogP contribution in [0.1, 0.15) is 46.0 Å². The van der Waals surface area contributed by atoms with E-state index < -0.39 is 0 Å². The van der Waals surface area contributed by atoms with Gasteiger partial charge in [0.25, 0.3) is 0 Å². The van der Waals surface area contributed by atoms with Gasteiger partial charge < -0.3 is 10.2 Å². The first-order valence-electron chi connectivity index (χ1n) is 6.08. The van der Waals surface area contributed by atoms with E-state index in [1.54, 1.807) is 0 Å². The highest BCUT2D eigenvalue weighted by molar-refractivity contribution is 5.76. The molecule has 0 aliphatic carbocycles. The van der Waals surface area contributed by atoms with Crippen LogP contribution in [0, 0.1) is 0 Å². The molecule has 3 heteroatoms. The summed E-state index contributed by atoms with van der Waals surface area (Å²) in [7, 11) is 2.01. The van der Waals surface area contributed by atoms with Gasteiger partial charge in [0.1, 0.15) is 0 Å². The second-order valence-corrected chi connectivity index (χ2v) is 4.80. The van der Waals surface area contributed by atoms with Crippen molar-refractivity contribution < 1.29 is 4.79 Å². The quantitative estimate of drug-likeness (QED) is 0.770. The van der Waals surface area contributed by atoms with Crippen LogP contribution in [0.2, 0.25) is 0 Å². The molecule has 0 spiro atoms. The normalized spacial score (nSPS) is 20.3. The Kier molecular flexibility index (Phi) is 4.58. The highest BCUT2D eigenvalue weighted by Crippen LogP contribution is 2.21. The fraction of sp³-hybridized carbons (Fsp3) is 0.917. The number of piperidine rings is 1. The van der Waals surface area contributed by atoms with Gasteiger partial charge in [-0.1, -0.05) is 13.3 Å². The number of nitrogens with one attached hydrogen (secondary N) is 1. The van der Waals surface area contributed by atoms with Gasteiger partial charge in [0, 0.05) is 25.0 Å². The van der Waals surface area contributed by atoms with Gasteiger partial charge >= 0.3 is 0 Å². The molecule has 1 aliphatic rings. The first-order chi connectivity index (χ1) is 7.11. The van der Waals surface area contributed by atoms with E-state index in [2.05, 4.69) is 19.2 Å². The number of amides is 1. The van der Waals surface area contributed by atoms with Crippen LogP contribution in [0.5, 0.6) is 0 Å². The van der Waals surface area contributed by atoms with Crippen molar-refractivity contribution in [3.63, 3.8) is 0 Å². The average Bonchev–Trinajstić information content (AvgIpc) is 2.27. The summed E-state index contributed by atoms with van der Waals surface area (Å²) in [5.41, 5.74) is 0.238. The van der Waals surface area contributed by atoms with Crippen molar-refractivity contribution >= 4 is 5.91 Å². The summed E-state index contributed by atoms with van der Waals surface area (Å²) in [5, 5.41) is 3.34. The molecular weight excluding hydrogens is 188 g/mol. The molecule has 0 aromatic rings. The number of hydrogen-bond acceptors (Lipinski definition) is 2. The first kappa shape index (κ1) is 12.5. The van der Waals surface area contributed by atoms with Crippen LogP contribution >= 0.6 is 0 Å². The summed E-state index contributed by atoms with van der Waals surface area (Å²) in [6, 6.07) is 0. The maximum absolute atomic E-state index is 11.8. The highest BCUT2D eigenvalue weighted by atomic mass is 16.2. The number of likely N-dealkylation sites (tertiary alicyclic amines) is 1. The molecule has 1 fully saturated rings. The molecule has 1 heterocycles. The third-order valence-electron chi connectivity index (χ3n) is 3.57. The van der Waals surface area contributed by atoms with Crippen LogP contribution in [0.15, 0.2) is 0 Å². The molecule has 0 radical (unpaired) electrons. The Labute approximate surface area is 93.2 Å². The molecule has 1 amide bonds. The summed E-state index contributed by atoms with van der Waals surface area (Å²) >= 11 is 0. The summed E-state index contributed by atoms with van der Waals surface area (Å²) < 4.78 is 0. The zero-order valence-corrected chi connectivity index (χ0v) is 10.3. The second kappa shape index (κ2) is 5.50. The number of carbonyl (C=O) groups excluding carboxylic acids is 1. The van der Waals surface area contributed by atoms with Gasteiger partial charge in [0.05, 0.1) is 0 Å². The molecule has 0 aromatic carbocycles. The minimum Gasteiger partial charge on any atom is -0.343 e. The Bertz CT molecular complexity index is 208. The molecular formula is C12H24N2O. The lowest BCUT2D eigenvalue weighted by Gasteiger charge is -2.39. The van der Waals surface area contributed by atoms with Gasteiger partial charge in [0.2, 0.25) is 5.91 Å². The van der Waals surface area contributed by atoms with Crippen molar-refractivity contribution in [1.82, 2.24) is 10.2 Å². The van der Waals surface area contributed by atoms with E-state index in [4.69, 9.17) is 0 Å². The zero-order valence-electron chi connectivity index (χ0n) is 10.3. The Morgan fingerprint density at radius 3 is 2.47 bits per heavy atom. The van der Waals surface area contributed by atoms with Crippen LogP contribution in [-0.2, 0) is 4.79 Å². The maximum atomic E-state index is 11.8. The first-order valence-corrected chi connectivity index (χ1v) is 6.08. The fourth-order valence-corrected chi connectivity index (χ4v) is 1.99. The molecule has 1 saturated heterocycles. The molecule has 0 unspecified atom stereocenters. The molecule has 0 aromatic heterocycles. The van der Waals surface area contributed by atoms with Crippen LogP contribution in [0.4, 0.5) is 0 Å².